The second-order valence-corrected chi connectivity index (χ2v) is 9.80. The number of ether oxygens (including phenoxy) is 2. The zero-order chi connectivity index (χ0) is 26.5. The minimum absolute atomic E-state index is 0.0444. The second-order valence-electron chi connectivity index (χ2n) is 8.63. The van der Waals surface area contributed by atoms with Gasteiger partial charge >= 0.3 is 13.5 Å². The fourth-order valence-corrected chi connectivity index (χ4v) is 5.53. The maximum Gasteiger partial charge on any atom is 0.471 e. The zero-order valence-electron chi connectivity index (χ0n) is 19.5. The summed E-state index contributed by atoms with van der Waals surface area (Å²) in [6.45, 7) is 2.29. The van der Waals surface area contributed by atoms with Gasteiger partial charge in [-0.05, 0) is 19.4 Å². The fraction of sp³-hybridized carbons (Fsp3) is 0.476. The molecule has 0 spiro atoms. The Morgan fingerprint density at radius 2 is 2.00 bits per heavy atom. The number of hydrogen-bond donors (Lipinski definition) is 5. The number of nitrogens with one attached hydrogen (secondary N) is 2. The number of phosphoric ester groups is 1. The Morgan fingerprint density at radius 1 is 1.33 bits per heavy atom. The van der Waals surface area contributed by atoms with Crippen LogP contribution in [0, 0.1) is 6.92 Å². The lowest BCUT2D eigenvalue weighted by Gasteiger charge is -2.47. The average molecular weight is 527 g/mol. The number of aromatic amines is 1. The highest BCUT2D eigenvalue weighted by Crippen LogP contribution is 2.60. The van der Waals surface area contributed by atoms with E-state index in [1.54, 1.807) is 6.07 Å². The van der Waals surface area contributed by atoms with Crippen molar-refractivity contribution in [3.05, 3.63) is 68.5 Å². The SMILES string of the molecule is CON[C@@H](C)C(=O)C(OP(=O)(O)O)(c1ccccc1)[C@]12CO[C@@H]([C@H](n3cc(C)c(=O)[nH]c3=O)O1)[C@@H]2O. The van der Waals surface area contributed by atoms with E-state index in [1.807, 2.05) is 0 Å². The summed E-state index contributed by atoms with van der Waals surface area (Å²) in [4.78, 5) is 65.3. The molecule has 0 aliphatic carbocycles. The summed E-state index contributed by atoms with van der Waals surface area (Å²) in [6.07, 6.45) is -3.14. The quantitative estimate of drug-likeness (QED) is 0.197. The molecule has 0 saturated carbocycles. The molecular weight excluding hydrogens is 501 g/mol. The van der Waals surface area contributed by atoms with Gasteiger partial charge in [-0.3, -0.25) is 23.7 Å². The highest BCUT2D eigenvalue weighted by Gasteiger charge is 2.76. The van der Waals surface area contributed by atoms with Crippen LogP contribution in [0.2, 0.25) is 0 Å². The van der Waals surface area contributed by atoms with Crippen LogP contribution in [0.1, 0.15) is 24.3 Å². The van der Waals surface area contributed by atoms with Crippen molar-refractivity contribution in [1.29, 1.82) is 0 Å². The first-order valence-corrected chi connectivity index (χ1v) is 12.3. The van der Waals surface area contributed by atoms with Crippen LogP contribution < -0.4 is 16.7 Å². The van der Waals surface area contributed by atoms with Crippen LogP contribution in [0.25, 0.3) is 0 Å². The van der Waals surface area contributed by atoms with Gasteiger partial charge in [-0.25, -0.2) is 9.36 Å². The largest absolute Gasteiger partial charge is 0.471 e. The lowest BCUT2D eigenvalue weighted by Crippen LogP contribution is -2.66. The number of ketones is 1. The summed E-state index contributed by atoms with van der Waals surface area (Å²) in [5.41, 5.74) is -3.86. The van der Waals surface area contributed by atoms with Crippen LogP contribution in [-0.2, 0) is 33.8 Å². The summed E-state index contributed by atoms with van der Waals surface area (Å²) in [7, 11) is -4.21. The number of benzene rings is 1. The van der Waals surface area contributed by atoms with Crippen molar-refractivity contribution in [2.24, 2.45) is 0 Å². The molecule has 1 aromatic heterocycles. The molecule has 196 valence electrons. The molecule has 2 fully saturated rings. The number of phosphoric acid groups is 1. The summed E-state index contributed by atoms with van der Waals surface area (Å²) < 4.78 is 30.5. The molecule has 6 atom stereocenters. The topological polar surface area (TPSA) is 199 Å². The molecule has 2 bridgehead atoms. The summed E-state index contributed by atoms with van der Waals surface area (Å²) in [5, 5.41) is 11.4. The molecule has 0 radical (unpaired) electrons. The Hall–Kier alpha value is -2.52. The van der Waals surface area contributed by atoms with Crippen molar-refractivity contribution in [1.82, 2.24) is 15.0 Å². The van der Waals surface area contributed by atoms with E-state index in [4.69, 9.17) is 18.8 Å². The van der Waals surface area contributed by atoms with Gasteiger partial charge in [0.1, 0.15) is 12.2 Å². The number of fused-ring (bicyclic) bond motifs is 2. The van der Waals surface area contributed by atoms with Crippen molar-refractivity contribution < 1.29 is 43.1 Å². The molecule has 5 N–H and O–H groups in total. The molecule has 14 nitrogen and oxygen atoms in total. The number of aliphatic hydroxyl groups is 1. The van der Waals surface area contributed by atoms with E-state index < -0.39 is 67.1 Å². The van der Waals surface area contributed by atoms with Gasteiger partial charge in [0.05, 0.1) is 19.8 Å². The highest BCUT2D eigenvalue weighted by atomic mass is 31.2. The minimum Gasteiger partial charge on any atom is -0.387 e. The predicted octanol–water partition coefficient (Wildman–Crippen LogP) is -1.01. The number of hydroxylamine groups is 1. The van der Waals surface area contributed by atoms with Gasteiger partial charge in [0.2, 0.25) is 0 Å². The van der Waals surface area contributed by atoms with E-state index in [-0.39, 0.29) is 11.1 Å². The molecule has 4 rings (SSSR count). The first kappa shape index (κ1) is 26.5. The predicted molar refractivity (Wildman–Crippen MR) is 121 cm³/mol. The summed E-state index contributed by atoms with van der Waals surface area (Å²) in [6, 6.07) is 6.17. The number of hydrogen-bond acceptors (Lipinski definition) is 10. The molecule has 1 aromatic carbocycles. The van der Waals surface area contributed by atoms with Crippen LogP contribution in [0.4, 0.5) is 0 Å². The van der Waals surface area contributed by atoms with E-state index in [1.165, 1.54) is 51.4 Å². The normalized spacial score (nSPS) is 28.1. The standard InChI is InChI=1S/C21H26N3O11P/c1-11-9-24(19(28)22-17(11)27)18-14-16(26)20(34-18,10-33-14)21(35-36(29,30)31,13-7-5-4-6-8-13)15(25)12(2)23-32-3/h4-9,12,14,16,18,23,26H,10H2,1-3H3,(H,22,27,28)(H2,29,30,31)/t12-,14+,16-,18+,20+,21?/m0/s1. The van der Waals surface area contributed by atoms with Crippen LogP contribution in [0.5, 0.6) is 0 Å². The Labute approximate surface area is 204 Å². The third-order valence-corrected chi connectivity index (χ3v) is 6.89. The maximum atomic E-state index is 14.0. The number of nitrogens with zero attached hydrogens (tertiary/aromatic N) is 1. The number of aliphatic hydroxyl groups excluding tert-OH is 1. The molecule has 2 aliphatic rings. The number of aryl methyl sites for hydroxylation is 1. The van der Waals surface area contributed by atoms with Crippen LogP contribution in [0.3, 0.4) is 0 Å². The number of carbonyl (C=O) groups excluding carboxylic acids is 1. The van der Waals surface area contributed by atoms with Gasteiger partial charge in [0, 0.05) is 11.8 Å². The van der Waals surface area contributed by atoms with E-state index in [9.17, 15) is 33.8 Å². The molecule has 3 heterocycles. The van der Waals surface area contributed by atoms with Crippen molar-refractivity contribution in [2.75, 3.05) is 13.7 Å². The van der Waals surface area contributed by atoms with Crippen molar-refractivity contribution >= 4 is 13.6 Å². The highest BCUT2D eigenvalue weighted by molar-refractivity contribution is 7.46. The Balaban J connectivity index is 1.97. The molecule has 1 unspecified atom stereocenters. The zero-order valence-corrected chi connectivity index (χ0v) is 20.4. The number of Topliss-reactive ketones (excluding diaryl/α,β-unsaturated/α-hetero) is 1. The molecule has 2 aromatic rings. The van der Waals surface area contributed by atoms with E-state index >= 15 is 0 Å². The van der Waals surface area contributed by atoms with Crippen LogP contribution in [-0.4, -0.2) is 67.8 Å². The van der Waals surface area contributed by atoms with Gasteiger partial charge in [-0.2, -0.15) is 5.48 Å². The number of rotatable bonds is 9. The molecule has 2 aliphatic heterocycles. The number of aromatic nitrogens is 2. The first-order valence-electron chi connectivity index (χ1n) is 10.8. The van der Waals surface area contributed by atoms with Gasteiger partial charge in [-0.1, -0.05) is 30.3 Å². The molecule has 2 saturated heterocycles. The molecule has 0 amide bonds. The van der Waals surface area contributed by atoms with Crippen molar-refractivity contribution in [3.63, 3.8) is 0 Å². The van der Waals surface area contributed by atoms with Crippen molar-refractivity contribution in [2.45, 2.75) is 49.5 Å². The second kappa shape index (κ2) is 9.41. The van der Waals surface area contributed by atoms with E-state index in [2.05, 4.69) is 10.5 Å². The third kappa shape index (κ3) is 4.10. The fourth-order valence-electron chi connectivity index (χ4n) is 4.83. The maximum absolute atomic E-state index is 14.0. The van der Waals surface area contributed by atoms with Crippen LogP contribution in [0.15, 0.2) is 46.1 Å². The van der Waals surface area contributed by atoms with Gasteiger partial charge in [-0.15, -0.1) is 0 Å². The third-order valence-electron chi connectivity index (χ3n) is 6.38. The monoisotopic (exact) mass is 527 g/mol. The molecule has 15 heteroatoms. The molecule has 36 heavy (non-hydrogen) atoms. The number of H-pyrrole nitrogens is 1. The van der Waals surface area contributed by atoms with Gasteiger partial charge < -0.3 is 29.2 Å². The Kier molecular flexibility index (Phi) is 6.94. The Morgan fingerprint density at radius 3 is 2.61 bits per heavy atom. The smallest absolute Gasteiger partial charge is 0.387 e. The van der Waals surface area contributed by atoms with Gasteiger partial charge in [0.15, 0.2) is 23.2 Å². The average Bonchev–Trinajstić information content (AvgIpc) is 3.30. The summed E-state index contributed by atoms with van der Waals surface area (Å²) in [5.74, 6) is -0.951. The van der Waals surface area contributed by atoms with Crippen molar-refractivity contribution in [3.8, 4) is 0 Å². The first-order chi connectivity index (χ1) is 16.9. The van der Waals surface area contributed by atoms with E-state index in [0.29, 0.717) is 0 Å². The lowest BCUT2D eigenvalue weighted by molar-refractivity contribution is -0.242. The Bertz CT molecular complexity index is 1310. The minimum atomic E-state index is -5.45. The van der Waals surface area contributed by atoms with Gasteiger partial charge in [0.25, 0.3) is 5.56 Å². The number of carbonyl (C=O) groups is 1. The summed E-state index contributed by atoms with van der Waals surface area (Å²) >= 11 is 0. The van der Waals surface area contributed by atoms with E-state index in [0.717, 1.165) is 4.57 Å². The molecular formula is C21H26N3O11P. The van der Waals surface area contributed by atoms with Crippen LogP contribution >= 0.6 is 7.82 Å². The lowest BCUT2D eigenvalue weighted by atomic mass is 9.71.